The second-order valence-corrected chi connectivity index (χ2v) is 7.37. The maximum atomic E-state index is 14.1. The SMILES string of the molecule is NC1=C(/C=C(\N)c2c(F)cccc2F)CCCC1c1ccnc(-c2ccc(=O)[nH]c2)n1. The number of aromatic nitrogens is 3. The molecule has 0 saturated carbocycles. The Hall–Kier alpha value is -3.81. The predicted molar refractivity (Wildman–Crippen MR) is 114 cm³/mol. The van der Waals surface area contributed by atoms with Crippen LogP contribution in [0.3, 0.4) is 0 Å². The van der Waals surface area contributed by atoms with Crippen LogP contribution < -0.4 is 17.0 Å². The van der Waals surface area contributed by atoms with Gasteiger partial charge in [-0.15, -0.1) is 0 Å². The number of benzene rings is 1. The van der Waals surface area contributed by atoms with Crippen LogP contribution in [0.15, 0.2) is 70.9 Å². The first kappa shape index (κ1) is 20.5. The van der Waals surface area contributed by atoms with Crippen molar-refractivity contribution in [3.8, 4) is 11.4 Å². The summed E-state index contributed by atoms with van der Waals surface area (Å²) < 4.78 is 28.2. The third-order valence-corrected chi connectivity index (χ3v) is 5.34. The number of hydrogen-bond donors (Lipinski definition) is 3. The first-order chi connectivity index (χ1) is 14.9. The second-order valence-electron chi connectivity index (χ2n) is 7.37. The molecule has 6 nitrogen and oxygen atoms in total. The van der Waals surface area contributed by atoms with Gasteiger partial charge >= 0.3 is 0 Å². The molecule has 0 saturated heterocycles. The van der Waals surface area contributed by atoms with Gasteiger partial charge in [0.05, 0.1) is 11.3 Å². The minimum absolute atomic E-state index is 0.00850. The molecule has 0 aliphatic heterocycles. The average molecular weight is 421 g/mol. The molecule has 1 aliphatic rings. The fourth-order valence-corrected chi connectivity index (χ4v) is 3.77. The summed E-state index contributed by atoms with van der Waals surface area (Å²) in [4.78, 5) is 22.8. The highest BCUT2D eigenvalue weighted by Gasteiger charge is 2.24. The predicted octanol–water partition coefficient (Wildman–Crippen LogP) is 3.59. The van der Waals surface area contributed by atoms with Crippen LogP contribution in [0.5, 0.6) is 0 Å². The van der Waals surface area contributed by atoms with Crippen LogP contribution in [0.2, 0.25) is 0 Å². The Morgan fingerprint density at radius 1 is 1.16 bits per heavy atom. The van der Waals surface area contributed by atoms with Gasteiger partial charge in [0.1, 0.15) is 11.6 Å². The van der Waals surface area contributed by atoms with E-state index in [0.717, 1.165) is 24.1 Å². The molecule has 158 valence electrons. The largest absolute Gasteiger partial charge is 0.401 e. The van der Waals surface area contributed by atoms with Crippen LogP contribution in [0.1, 0.15) is 36.4 Å². The van der Waals surface area contributed by atoms with E-state index in [1.54, 1.807) is 30.6 Å². The lowest BCUT2D eigenvalue weighted by molar-refractivity contribution is 0.576. The van der Waals surface area contributed by atoms with Gasteiger partial charge in [0, 0.05) is 41.3 Å². The quantitative estimate of drug-likeness (QED) is 0.596. The number of allylic oxidation sites excluding steroid dienone is 3. The van der Waals surface area contributed by atoms with Crippen molar-refractivity contribution in [3.63, 3.8) is 0 Å². The van der Waals surface area contributed by atoms with Crippen LogP contribution in [0.25, 0.3) is 17.1 Å². The normalized spacial score (nSPS) is 17.1. The lowest BCUT2D eigenvalue weighted by atomic mass is 9.84. The number of H-pyrrole nitrogens is 1. The van der Waals surface area contributed by atoms with E-state index in [2.05, 4.69) is 15.0 Å². The third kappa shape index (κ3) is 4.23. The molecule has 0 amide bonds. The number of hydrogen-bond acceptors (Lipinski definition) is 5. The summed E-state index contributed by atoms with van der Waals surface area (Å²) >= 11 is 0. The third-order valence-electron chi connectivity index (χ3n) is 5.34. The molecule has 2 heterocycles. The van der Waals surface area contributed by atoms with Gasteiger partial charge in [0.2, 0.25) is 5.56 Å². The van der Waals surface area contributed by atoms with Crippen molar-refractivity contribution in [1.82, 2.24) is 15.0 Å². The number of aromatic amines is 1. The van der Waals surface area contributed by atoms with E-state index in [-0.39, 0.29) is 22.7 Å². The Balaban J connectivity index is 1.69. The minimum Gasteiger partial charge on any atom is -0.401 e. The summed E-state index contributed by atoms with van der Waals surface area (Å²) in [6.45, 7) is 0. The molecule has 0 bridgehead atoms. The van der Waals surface area contributed by atoms with Crippen molar-refractivity contribution in [2.75, 3.05) is 0 Å². The van der Waals surface area contributed by atoms with Gasteiger partial charge in [-0.05, 0) is 55.2 Å². The maximum Gasteiger partial charge on any atom is 0.247 e. The van der Waals surface area contributed by atoms with Gasteiger partial charge in [-0.1, -0.05) is 6.07 Å². The highest BCUT2D eigenvalue weighted by Crippen LogP contribution is 2.36. The Labute approximate surface area is 177 Å². The van der Waals surface area contributed by atoms with Crippen molar-refractivity contribution in [3.05, 3.63) is 99.4 Å². The molecule has 0 fully saturated rings. The number of nitrogens with two attached hydrogens (primary N) is 2. The molecule has 4 rings (SSSR count). The zero-order valence-electron chi connectivity index (χ0n) is 16.6. The topological polar surface area (TPSA) is 111 Å². The molecule has 5 N–H and O–H groups in total. The molecule has 1 aliphatic carbocycles. The number of nitrogens with one attached hydrogen (secondary N) is 1. The summed E-state index contributed by atoms with van der Waals surface area (Å²) in [5.74, 6) is -1.15. The molecular weight excluding hydrogens is 400 g/mol. The zero-order chi connectivity index (χ0) is 22.0. The lowest BCUT2D eigenvalue weighted by Crippen LogP contribution is -2.19. The minimum atomic E-state index is -0.721. The standard InChI is InChI=1S/C23H21F2N5O/c24-16-5-2-6-17(25)21(16)18(26)11-13-3-1-4-15(22(13)27)19-9-10-28-23(30-19)14-7-8-20(31)29-12-14/h2,5-12,15H,1,3-4,26-27H2,(H,29,31)/b18-11-. The van der Waals surface area contributed by atoms with Gasteiger partial charge in [0.25, 0.3) is 0 Å². The Bertz CT molecular complexity index is 1210. The summed E-state index contributed by atoms with van der Waals surface area (Å²) in [5.41, 5.74) is 14.7. The molecule has 1 unspecified atom stereocenters. The van der Waals surface area contributed by atoms with Crippen molar-refractivity contribution in [2.24, 2.45) is 11.5 Å². The molecule has 8 heteroatoms. The highest BCUT2D eigenvalue weighted by molar-refractivity contribution is 5.67. The van der Waals surface area contributed by atoms with Crippen LogP contribution in [0, 0.1) is 11.6 Å². The van der Waals surface area contributed by atoms with Crippen LogP contribution in [-0.2, 0) is 0 Å². The first-order valence-corrected chi connectivity index (χ1v) is 9.86. The van der Waals surface area contributed by atoms with E-state index in [1.165, 1.54) is 24.3 Å². The summed E-state index contributed by atoms with van der Waals surface area (Å²) in [6, 6.07) is 8.48. The van der Waals surface area contributed by atoms with Crippen LogP contribution in [-0.4, -0.2) is 15.0 Å². The van der Waals surface area contributed by atoms with E-state index in [9.17, 15) is 13.6 Å². The smallest absolute Gasteiger partial charge is 0.247 e. The number of halogens is 2. The molecule has 0 radical (unpaired) electrons. The van der Waals surface area contributed by atoms with Gasteiger partial charge in [0.15, 0.2) is 5.82 Å². The van der Waals surface area contributed by atoms with Crippen molar-refractivity contribution >= 4 is 5.70 Å². The number of rotatable bonds is 4. The van der Waals surface area contributed by atoms with E-state index in [4.69, 9.17) is 11.5 Å². The van der Waals surface area contributed by atoms with E-state index in [1.807, 2.05) is 0 Å². The monoisotopic (exact) mass is 421 g/mol. The molecular formula is C23H21F2N5O. The van der Waals surface area contributed by atoms with Crippen molar-refractivity contribution in [1.29, 1.82) is 0 Å². The van der Waals surface area contributed by atoms with Crippen LogP contribution >= 0.6 is 0 Å². The average Bonchev–Trinajstić information content (AvgIpc) is 2.76. The molecule has 0 spiro atoms. The lowest BCUT2D eigenvalue weighted by Gasteiger charge is -2.25. The van der Waals surface area contributed by atoms with Crippen molar-refractivity contribution < 1.29 is 8.78 Å². The molecule has 1 aromatic carbocycles. The van der Waals surface area contributed by atoms with E-state index >= 15 is 0 Å². The Morgan fingerprint density at radius 2 is 1.94 bits per heavy atom. The molecule has 31 heavy (non-hydrogen) atoms. The van der Waals surface area contributed by atoms with Gasteiger partial charge in [-0.3, -0.25) is 4.79 Å². The van der Waals surface area contributed by atoms with Gasteiger partial charge < -0.3 is 16.5 Å². The first-order valence-electron chi connectivity index (χ1n) is 9.86. The maximum absolute atomic E-state index is 14.1. The molecule has 1 atom stereocenters. The fourth-order valence-electron chi connectivity index (χ4n) is 3.77. The zero-order valence-corrected chi connectivity index (χ0v) is 16.6. The summed E-state index contributed by atoms with van der Waals surface area (Å²) in [5, 5.41) is 0. The second kappa shape index (κ2) is 8.51. The Kier molecular flexibility index (Phi) is 5.62. The summed E-state index contributed by atoms with van der Waals surface area (Å²) in [7, 11) is 0. The van der Waals surface area contributed by atoms with E-state index in [0.29, 0.717) is 23.5 Å². The van der Waals surface area contributed by atoms with Crippen molar-refractivity contribution in [2.45, 2.75) is 25.2 Å². The Morgan fingerprint density at radius 3 is 2.65 bits per heavy atom. The molecule has 3 aromatic rings. The summed E-state index contributed by atoms with van der Waals surface area (Å²) in [6.07, 6.45) is 6.99. The highest BCUT2D eigenvalue weighted by atomic mass is 19.1. The van der Waals surface area contributed by atoms with Crippen LogP contribution in [0.4, 0.5) is 8.78 Å². The number of nitrogens with zero attached hydrogens (tertiary/aromatic N) is 2. The number of pyridine rings is 1. The van der Waals surface area contributed by atoms with E-state index < -0.39 is 11.6 Å². The van der Waals surface area contributed by atoms with Gasteiger partial charge in [-0.2, -0.15) is 0 Å². The van der Waals surface area contributed by atoms with Gasteiger partial charge in [-0.25, -0.2) is 18.7 Å². The molecule has 2 aromatic heterocycles. The fraction of sp³-hybridized carbons (Fsp3) is 0.174.